The van der Waals surface area contributed by atoms with Crippen molar-refractivity contribution in [2.45, 2.75) is 12.3 Å². The SMILES string of the molecule is C1=CC(c2ccc(-c3cccc4ccccc34)cc2)C2=CCc3ccc(-c4ccc(-c5ccc(-c6ccc(-c7ccc8ccc9c(-c%10ccc(-c%11cccc%12ccccc%11%12)cc%10)ccc%10ccc7c8c%109)cc6)cc5)cc4)c4ccc1c2c34. The molecule has 0 heteroatoms. The minimum absolute atomic E-state index is 0.209. The van der Waals surface area contributed by atoms with Gasteiger partial charge >= 0.3 is 0 Å². The standard InChI is InChI=1S/C82H52/c1-3-11-67-55(7-1)9-5-13-69(67)57-27-31-61(32-28-57)73-45-37-65-39-47-75-71(43-35-63-41-49-77(73)81(65)79(63)75)59-23-19-53(20-24-59)51-15-17-52(18-16-51)54-21-25-60(26-22-54)72-44-36-64-42-50-78-74(46-38-66-40-48-76(72)80(64)82(66)78)62-33-29-58(30-34-62)70-14-6-10-56-8-2-4-12-68(56)70/h1-41,43-50,74H,42H2. The van der Waals surface area contributed by atoms with E-state index in [1.807, 2.05) is 0 Å². The number of benzene rings is 15. The van der Waals surface area contributed by atoms with E-state index in [4.69, 9.17) is 0 Å². The molecule has 0 nitrogen and oxygen atoms in total. The highest BCUT2D eigenvalue weighted by Crippen LogP contribution is 2.49. The molecule has 15 aromatic rings. The molecule has 0 saturated carbocycles. The van der Waals surface area contributed by atoms with Crippen molar-refractivity contribution in [2.24, 2.45) is 0 Å². The maximum absolute atomic E-state index is 2.49. The van der Waals surface area contributed by atoms with Crippen LogP contribution in [-0.2, 0) is 6.42 Å². The van der Waals surface area contributed by atoms with Crippen molar-refractivity contribution in [3.05, 3.63) is 313 Å². The minimum atomic E-state index is 0.209. The number of hydrogen-bond acceptors (Lipinski definition) is 0. The molecule has 0 amide bonds. The molecule has 0 aromatic heterocycles. The molecule has 0 radical (unpaired) electrons. The van der Waals surface area contributed by atoms with Crippen LogP contribution >= 0.6 is 0 Å². The molecule has 2 aliphatic rings. The van der Waals surface area contributed by atoms with Gasteiger partial charge in [0.25, 0.3) is 0 Å². The van der Waals surface area contributed by atoms with Crippen LogP contribution < -0.4 is 0 Å². The van der Waals surface area contributed by atoms with E-state index in [1.165, 1.54) is 170 Å². The number of allylic oxidation sites excluding steroid dienone is 3. The van der Waals surface area contributed by atoms with Gasteiger partial charge in [-0.2, -0.15) is 0 Å². The first-order valence-electron chi connectivity index (χ1n) is 28.8. The number of fused-ring (bicyclic) bond motifs is 2. The van der Waals surface area contributed by atoms with E-state index in [-0.39, 0.29) is 5.92 Å². The molecule has 1 atom stereocenters. The topological polar surface area (TPSA) is 0 Å². The van der Waals surface area contributed by atoms with E-state index in [0.29, 0.717) is 0 Å². The summed E-state index contributed by atoms with van der Waals surface area (Å²) in [6, 6.07) is 104. The van der Waals surface area contributed by atoms with Crippen LogP contribution in [0.4, 0.5) is 0 Å². The lowest BCUT2D eigenvalue weighted by molar-refractivity contribution is 1.08. The Kier molecular flexibility index (Phi) is 10.5. The Bertz CT molecular complexity index is 5100. The number of hydrogen-bond donors (Lipinski definition) is 0. The second-order valence-corrected chi connectivity index (χ2v) is 22.6. The molecule has 1 unspecified atom stereocenters. The first-order chi connectivity index (χ1) is 40.6. The summed E-state index contributed by atoms with van der Waals surface area (Å²) in [6.45, 7) is 0. The zero-order chi connectivity index (χ0) is 53.8. The lowest BCUT2D eigenvalue weighted by Crippen LogP contribution is -2.10. The monoisotopic (exact) mass is 1040 g/mol. The summed E-state index contributed by atoms with van der Waals surface area (Å²) in [6.07, 6.45) is 8.18. The maximum Gasteiger partial charge on any atom is 0.0276 e. The minimum Gasteiger partial charge on any atom is -0.0753 e. The van der Waals surface area contributed by atoms with Crippen LogP contribution in [0.15, 0.2) is 291 Å². The highest BCUT2D eigenvalue weighted by atomic mass is 14.3. The van der Waals surface area contributed by atoms with E-state index in [9.17, 15) is 0 Å². The summed E-state index contributed by atoms with van der Waals surface area (Å²) in [7, 11) is 0. The fourth-order valence-corrected chi connectivity index (χ4v) is 14.1. The van der Waals surface area contributed by atoms with Crippen LogP contribution in [0.2, 0.25) is 0 Å². The van der Waals surface area contributed by atoms with Crippen LogP contribution in [0.3, 0.4) is 0 Å². The normalized spacial score (nSPS) is 13.7. The molecule has 15 aromatic carbocycles. The van der Waals surface area contributed by atoms with E-state index < -0.39 is 0 Å². The molecule has 82 heavy (non-hydrogen) atoms. The highest BCUT2D eigenvalue weighted by molar-refractivity contribution is 6.27. The third-order valence-electron chi connectivity index (χ3n) is 18.2. The van der Waals surface area contributed by atoms with E-state index in [1.54, 1.807) is 0 Å². The second-order valence-electron chi connectivity index (χ2n) is 22.6. The molecule has 0 spiro atoms. The zero-order valence-corrected chi connectivity index (χ0v) is 45.1. The quantitative estimate of drug-likeness (QED) is 0.133. The molecule has 0 heterocycles. The predicted octanol–water partition coefficient (Wildman–Crippen LogP) is 22.5. The van der Waals surface area contributed by atoms with Gasteiger partial charge in [0.2, 0.25) is 0 Å². The van der Waals surface area contributed by atoms with Gasteiger partial charge in [-0.1, -0.05) is 297 Å². The Balaban J connectivity index is 0.622. The van der Waals surface area contributed by atoms with Crippen LogP contribution in [0.1, 0.15) is 28.2 Å². The third-order valence-corrected chi connectivity index (χ3v) is 18.2. The summed E-state index contributed by atoms with van der Waals surface area (Å²) >= 11 is 0. The lowest BCUT2D eigenvalue weighted by atomic mass is 9.74. The van der Waals surface area contributed by atoms with Crippen LogP contribution in [-0.4, -0.2) is 0 Å². The smallest absolute Gasteiger partial charge is 0.0276 e. The van der Waals surface area contributed by atoms with Crippen molar-refractivity contribution in [2.75, 3.05) is 0 Å². The molecule has 0 aliphatic heterocycles. The molecule has 0 N–H and O–H groups in total. The van der Waals surface area contributed by atoms with Gasteiger partial charge < -0.3 is 0 Å². The van der Waals surface area contributed by atoms with Crippen molar-refractivity contribution >= 4 is 76.3 Å². The van der Waals surface area contributed by atoms with Crippen molar-refractivity contribution in [3.63, 3.8) is 0 Å². The van der Waals surface area contributed by atoms with Gasteiger partial charge in [-0.05, 0) is 177 Å². The summed E-state index contributed by atoms with van der Waals surface area (Å²) in [5.74, 6) is 0.209. The van der Waals surface area contributed by atoms with Gasteiger partial charge in [0.15, 0.2) is 0 Å². The van der Waals surface area contributed by atoms with Gasteiger partial charge in [-0.15, -0.1) is 0 Å². The fraction of sp³-hybridized carbons (Fsp3) is 0.0244. The average Bonchev–Trinajstić information content (AvgIpc) is 3.04. The van der Waals surface area contributed by atoms with Crippen LogP contribution in [0.5, 0.6) is 0 Å². The second kappa shape index (κ2) is 18.6. The van der Waals surface area contributed by atoms with E-state index >= 15 is 0 Å². The first-order valence-corrected chi connectivity index (χ1v) is 28.8. The van der Waals surface area contributed by atoms with Crippen LogP contribution in [0.25, 0.3) is 154 Å². The van der Waals surface area contributed by atoms with Gasteiger partial charge in [0.05, 0.1) is 0 Å². The van der Waals surface area contributed by atoms with E-state index in [0.717, 1.165) is 6.42 Å². The van der Waals surface area contributed by atoms with Crippen molar-refractivity contribution < 1.29 is 0 Å². The average molecular weight is 1040 g/mol. The Hall–Kier alpha value is -10.4. The van der Waals surface area contributed by atoms with Gasteiger partial charge in [0, 0.05) is 5.92 Å². The molecule has 0 fully saturated rings. The van der Waals surface area contributed by atoms with Crippen molar-refractivity contribution in [3.8, 4) is 77.9 Å². The molecule has 0 saturated heterocycles. The highest BCUT2D eigenvalue weighted by Gasteiger charge is 2.28. The summed E-state index contributed by atoms with van der Waals surface area (Å²) < 4.78 is 0. The zero-order valence-electron chi connectivity index (χ0n) is 45.1. The fourth-order valence-electron chi connectivity index (χ4n) is 14.1. The Morgan fingerprint density at radius 3 is 1.12 bits per heavy atom. The summed E-state index contributed by atoms with van der Waals surface area (Å²) in [5, 5.41) is 15.6. The Morgan fingerprint density at radius 1 is 0.256 bits per heavy atom. The molecule has 0 bridgehead atoms. The maximum atomic E-state index is 2.49. The molecule has 17 rings (SSSR count). The van der Waals surface area contributed by atoms with E-state index in [2.05, 4.69) is 297 Å². The predicted molar refractivity (Wildman–Crippen MR) is 351 cm³/mol. The Labute approximate surface area is 477 Å². The third kappa shape index (κ3) is 7.46. The largest absolute Gasteiger partial charge is 0.0753 e. The number of rotatable bonds is 8. The molecular formula is C82H52. The van der Waals surface area contributed by atoms with Crippen molar-refractivity contribution in [1.29, 1.82) is 0 Å². The lowest BCUT2D eigenvalue weighted by Gasteiger charge is -2.30. The van der Waals surface area contributed by atoms with Gasteiger partial charge in [0.1, 0.15) is 0 Å². The molecule has 2 aliphatic carbocycles. The van der Waals surface area contributed by atoms with Crippen LogP contribution in [0, 0.1) is 0 Å². The molecule has 380 valence electrons. The van der Waals surface area contributed by atoms with Gasteiger partial charge in [-0.3, -0.25) is 0 Å². The molecular weight excluding hydrogens is 985 g/mol. The summed E-state index contributed by atoms with van der Waals surface area (Å²) in [4.78, 5) is 0. The first kappa shape index (κ1) is 46.5. The van der Waals surface area contributed by atoms with Gasteiger partial charge in [-0.25, -0.2) is 0 Å². The summed E-state index contributed by atoms with van der Waals surface area (Å²) in [5.41, 5.74) is 24.2. The Morgan fingerprint density at radius 2 is 0.634 bits per heavy atom. The van der Waals surface area contributed by atoms with Crippen molar-refractivity contribution in [1.82, 2.24) is 0 Å².